The molecule has 1 aliphatic heterocycles. The molecule has 0 radical (unpaired) electrons. The Labute approximate surface area is 158 Å². The first kappa shape index (κ1) is 17.3. The van der Waals surface area contributed by atoms with Gasteiger partial charge in [0.25, 0.3) is 0 Å². The van der Waals surface area contributed by atoms with Crippen LogP contribution in [0.3, 0.4) is 0 Å². The van der Waals surface area contributed by atoms with Crippen LogP contribution in [-0.2, 0) is 21.8 Å². The van der Waals surface area contributed by atoms with E-state index in [2.05, 4.69) is 36.2 Å². The second-order valence-corrected chi connectivity index (χ2v) is 7.07. The first-order chi connectivity index (χ1) is 12.6. The molecular weight excluding hydrogens is 348 g/mol. The fourth-order valence-corrected chi connectivity index (χ4v) is 3.44. The minimum Gasteiger partial charge on any atom is -0.344 e. The van der Waals surface area contributed by atoms with E-state index < -0.39 is 5.79 Å². The summed E-state index contributed by atoms with van der Waals surface area (Å²) in [5, 5.41) is 0.739. The molecule has 4 rings (SSSR count). The lowest BCUT2D eigenvalue weighted by Crippen LogP contribution is -2.44. The topological polar surface area (TPSA) is 36.3 Å². The minimum absolute atomic E-state index is 0.142. The molecule has 5 heteroatoms. The van der Waals surface area contributed by atoms with Crippen molar-refractivity contribution in [3.8, 4) is 11.1 Å². The van der Waals surface area contributed by atoms with Crippen LogP contribution in [0.2, 0.25) is 5.02 Å². The zero-order chi connectivity index (χ0) is 18.0. The third kappa shape index (κ3) is 3.54. The Morgan fingerprint density at radius 2 is 1.81 bits per heavy atom. The van der Waals surface area contributed by atoms with Gasteiger partial charge in [0.2, 0.25) is 5.79 Å². The van der Waals surface area contributed by atoms with E-state index in [4.69, 9.17) is 21.1 Å². The summed E-state index contributed by atoms with van der Waals surface area (Å²) in [5.41, 5.74) is 3.27. The fourth-order valence-electron chi connectivity index (χ4n) is 3.31. The second-order valence-electron chi connectivity index (χ2n) is 6.64. The van der Waals surface area contributed by atoms with E-state index in [1.54, 1.807) is 12.5 Å². The zero-order valence-corrected chi connectivity index (χ0v) is 15.4. The van der Waals surface area contributed by atoms with Gasteiger partial charge < -0.3 is 14.0 Å². The van der Waals surface area contributed by atoms with Gasteiger partial charge >= 0.3 is 0 Å². The number of rotatable bonds is 4. The molecule has 2 atom stereocenters. The lowest BCUT2D eigenvalue weighted by atomic mass is 9.98. The Kier molecular flexibility index (Phi) is 4.81. The number of imidazole rings is 1. The van der Waals surface area contributed by atoms with Crippen molar-refractivity contribution in [2.24, 2.45) is 0 Å². The Balaban J connectivity index is 1.66. The van der Waals surface area contributed by atoms with Crippen LogP contribution in [-0.4, -0.2) is 22.3 Å². The lowest BCUT2D eigenvalue weighted by molar-refractivity contribution is -0.306. The van der Waals surface area contributed by atoms with Gasteiger partial charge in [0.05, 0.1) is 25.6 Å². The molecule has 26 heavy (non-hydrogen) atoms. The minimum atomic E-state index is -0.795. The first-order valence-electron chi connectivity index (χ1n) is 8.79. The Bertz CT molecular complexity index is 847. The number of aromatic nitrogens is 2. The van der Waals surface area contributed by atoms with Crippen LogP contribution in [0.5, 0.6) is 0 Å². The maximum atomic E-state index is 6.31. The molecule has 2 unspecified atom stereocenters. The molecular formula is C21H21ClN2O2. The highest BCUT2D eigenvalue weighted by Gasteiger charge is 2.39. The van der Waals surface area contributed by atoms with Crippen LogP contribution in [0.15, 0.2) is 67.3 Å². The van der Waals surface area contributed by atoms with E-state index in [0.717, 1.165) is 28.1 Å². The van der Waals surface area contributed by atoms with Gasteiger partial charge in [0.1, 0.15) is 0 Å². The maximum absolute atomic E-state index is 6.31. The van der Waals surface area contributed by atoms with E-state index in [9.17, 15) is 0 Å². The highest BCUT2D eigenvalue weighted by molar-refractivity contribution is 6.30. The quantitative estimate of drug-likeness (QED) is 0.658. The molecule has 0 N–H and O–H groups in total. The van der Waals surface area contributed by atoms with Crippen LogP contribution in [0.1, 0.15) is 18.9 Å². The van der Waals surface area contributed by atoms with Crippen molar-refractivity contribution in [2.45, 2.75) is 31.8 Å². The van der Waals surface area contributed by atoms with Crippen LogP contribution in [0, 0.1) is 0 Å². The molecule has 3 aromatic rings. The summed E-state index contributed by atoms with van der Waals surface area (Å²) in [6.07, 6.45) is 6.52. The highest BCUT2D eigenvalue weighted by Crippen LogP contribution is 2.36. The molecule has 0 amide bonds. The average Bonchev–Trinajstić information content (AvgIpc) is 3.15. The van der Waals surface area contributed by atoms with Crippen LogP contribution in [0.25, 0.3) is 11.1 Å². The van der Waals surface area contributed by atoms with Crippen molar-refractivity contribution in [1.82, 2.24) is 9.55 Å². The first-order valence-corrected chi connectivity index (χ1v) is 9.16. The molecule has 0 bridgehead atoms. The second kappa shape index (κ2) is 7.23. The lowest BCUT2D eigenvalue weighted by Gasteiger charge is -2.40. The molecule has 0 saturated carbocycles. The van der Waals surface area contributed by atoms with Crippen molar-refractivity contribution < 1.29 is 9.47 Å². The van der Waals surface area contributed by atoms with Gasteiger partial charge in [0.15, 0.2) is 0 Å². The SMILES string of the molecule is CC1CCOC(Cn2ccnc2)(c2ccc(-c3ccc(Cl)cc3)cc2)O1. The molecule has 1 aliphatic rings. The molecule has 134 valence electrons. The maximum Gasteiger partial charge on any atom is 0.213 e. The van der Waals surface area contributed by atoms with Gasteiger partial charge in [-0.25, -0.2) is 4.98 Å². The summed E-state index contributed by atoms with van der Waals surface area (Å²) >= 11 is 5.98. The summed E-state index contributed by atoms with van der Waals surface area (Å²) in [6, 6.07) is 16.2. The summed E-state index contributed by atoms with van der Waals surface area (Å²) in [7, 11) is 0. The van der Waals surface area contributed by atoms with Crippen molar-refractivity contribution in [2.75, 3.05) is 6.61 Å². The normalized spacial score (nSPS) is 23.1. The Morgan fingerprint density at radius 3 is 2.42 bits per heavy atom. The van der Waals surface area contributed by atoms with Gasteiger partial charge in [-0.2, -0.15) is 0 Å². The van der Waals surface area contributed by atoms with Gasteiger partial charge in [-0.3, -0.25) is 0 Å². The van der Waals surface area contributed by atoms with Crippen molar-refractivity contribution >= 4 is 11.6 Å². The van der Waals surface area contributed by atoms with Gasteiger partial charge in [-0.15, -0.1) is 0 Å². The Hall–Kier alpha value is -2.14. The third-order valence-electron chi connectivity index (χ3n) is 4.70. The molecule has 2 heterocycles. The van der Waals surface area contributed by atoms with Gasteiger partial charge in [0, 0.05) is 23.0 Å². The predicted molar refractivity (Wildman–Crippen MR) is 102 cm³/mol. The zero-order valence-electron chi connectivity index (χ0n) is 14.6. The summed E-state index contributed by atoms with van der Waals surface area (Å²) in [4.78, 5) is 4.13. The molecule has 0 aliphatic carbocycles. The molecule has 1 fully saturated rings. The number of benzene rings is 2. The summed E-state index contributed by atoms with van der Waals surface area (Å²) in [5.74, 6) is -0.795. The van der Waals surface area contributed by atoms with E-state index in [1.807, 2.05) is 35.0 Å². The van der Waals surface area contributed by atoms with E-state index in [1.165, 1.54) is 0 Å². The van der Waals surface area contributed by atoms with E-state index >= 15 is 0 Å². The number of hydrogen-bond acceptors (Lipinski definition) is 3. The molecule has 0 spiro atoms. The highest BCUT2D eigenvalue weighted by atomic mass is 35.5. The molecule has 1 saturated heterocycles. The molecule has 4 nitrogen and oxygen atoms in total. The number of nitrogens with zero attached hydrogens (tertiary/aromatic N) is 2. The van der Waals surface area contributed by atoms with Gasteiger partial charge in [-0.1, -0.05) is 48.0 Å². The summed E-state index contributed by atoms with van der Waals surface area (Å²) < 4.78 is 14.5. The monoisotopic (exact) mass is 368 g/mol. The van der Waals surface area contributed by atoms with Crippen LogP contribution in [0.4, 0.5) is 0 Å². The molecule has 2 aromatic carbocycles. The number of ether oxygens (including phenoxy) is 2. The van der Waals surface area contributed by atoms with Gasteiger partial charge in [-0.05, 0) is 36.6 Å². The average molecular weight is 369 g/mol. The van der Waals surface area contributed by atoms with E-state index in [0.29, 0.717) is 13.2 Å². The largest absolute Gasteiger partial charge is 0.344 e. The fraction of sp³-hybridized carbons (Fsp3) is 0.286. The number of halogens is 1. The summed E-state index contributed by atoms with van der Waals surface area (Å²) in [6.45, 7) is 3.33. The van der Waals surface area contributed by atoms with Crippen LogP contribution < -0.4 is 0 Å². The smallest absolute Gasteiger partial charge is 0.213 e. The standard InChI is InChI=1S/C21H21ClN2O2/c1-16-10-13-25-21(26-16,14-24-12-11-23-15-24)19-6-2-17(3-7-19)18-4-8-20(22)9-5-18/h2-9,11-12,15-16H,10,13-14H2,1H3. The third-order valence-corrected chi connectivity index (χ3v) is 4.96. The number of hydrogen-bond donors (Lipinski definition) is 0. The predicted octanol–water partition coefficient (Wildman–Crippen LogP) is 4.88. The van der Waals surface area contributed by atoms with E-state index in [-0.39, 0.29) is 6.10 Å². The van der Waals surface area contributed by atoms with Crippen molar-refractivity contribution in [1.29, 1.82) is 0 Å². The van der Waals surface area contributed by atoms with Crippen LogP contribution >= 0.6 is 11.6 Å². The van der Waals surface area contributed by atoms with Crippen molar-refractivity contribution in [3.05, 3.63) is 77.8 Å². The molecule has 1 aromatic heterocycles. The van der Waals surface area contributed by atoms with Crippen molar-refractivity contribution in [3.63, 3.8) is 0 Å². The Morgan fingerprint density at radius 1 is 1.12 bits per heavy atom.